The summed E-state index contributed by atoms with van der Waals surface area (Å²) in [5, 5.41) is 29.7. The van der Waals surface area contributed by atoms with Crippen LogP contribution in [0, 0.1) is 20.8 Å². The molecule has 0 fully saturated rings. The number of aryl methyl sites for hydroxylation is 4. The van der Waals surface area contributed by atoms with Crippen molar-refractivity contribution >= 4 is 0 Å². The lowest BCUT2D eigenvalue weighted by atomic mass is 9.72. The van der Waals surface area contributed by atoms with E-state index in [1.165, 1.54) is 5.56 Å². The third-order valence-corrected chi connectivity index (χ3v) is 6.07. The minimum Gasteiger partial charge on any atom is -0.508 e. The SMILES string of the molecule is Cc1cc(CCCC(C)(c2ccc(O)c(C)c2)c2ccc(O)c(C)c2)ccc1O. The van der Waals surface area contributed by atoms with Crippen LogP contribution in [0.1, 0.15) is 53.1 Å². The first-order valence-electron chi connectivity index (χ1n) is 10.1. The second-order valence-electron chi connectivity index (χ2n) is 8.31. The molecule has 0 bridgehead atoms. The molecular formula is C26H30O3. The maximum atomic E-state index is 9.98. The van der Waals surface area contributed by atoms with Crippen molar-refractivity contribution in [1.82, 2.24) is 0 Å². The number of rotatable bonds is 6. The van der Waals surface area contributed by atoms with Crippen LogP contribution < -0.4 is 0 Å². The summed E-state index contributed by atoms with van der Waals surface area (Å²) in [4.78, 5) is 0. The first kappa shape index (κ1) is 20.8. The summed E-state index contributed by atoms with van der Waals surface area (Å²) in [5.41, 5.74) is 5.89. The van der Waals surface area contributed by atoms with E-state index >= 15 is 0 Å². The summed E-state index contributed by atoms with van der Waals surface area (Å²) in [7, 11) is 0. The number of phenols is 3. The Morgan fingerprint density at radius 2 is 1.10 bits per heavy atom. The zero-order valence-electron chi connectivity index (χ0n) is 17.7. The molecule has 3 aromatic carbocycles. The van der Waals surface area contributed by atoms with Gasteiger partial charge in [-0.25, -0.2) is 0 Å². The lowest BCUT2D eigenvalue weighted by Crippen LogP contribution is -2.24. The molecule has 0 radical (unpaired) electrons. The molecule has 152 valence electrons. The average molecular weight is 391 g/mol. The molecule has 0 atom stereocenters. The molecule has 0 saturated heterocycles. The molecule has 3 rings (SSSR count). The molecule has 0 saturated carbocycles. The molecule has 0 amide bonds. The molecule has 3 N–H and O–H groups in total. The normalized spacial score (nSPS) is 11.6. The number of aromatic hydroxyl groups is 3. The highest BCUT2D eigenvalue weighted by Gasteiger charge is 2.29. The molecule has 29 heavy (non-hydrogen) atoms. The van der Waals surface area contributed by atoms with Crippen molar-refractivity contribution in [2.75, 3.05) is 0 Å². The summed E-state index contributed by atoms with van der Waals surface area (Å²) < 4.78 is 0. The minimum atomic E-state index is -0.247. The lowest BCUT2D eigenvalue weighted by molar-refractivity contribution is 0.462. The fourth-order valence-electron chi connectivity index (χ4n) is 3.97. The molecule has 0 spiro atoms. The van der Waals surface area contributed by atoms with E-state index in [1.807, 2.05) is 45.0 Å². The minimum absolute atomic E-state index is 0.247. The molecular weight excluding hydrogens is 360 g/mol. The summed E-state index contributed by atoms with van der Waals surface area (Å²) in [6.45, 7) is 7.98. The second kappa shape index (κ2) is 8.20. The summed E-state index contributed by atoms with van der Waals surface area (Å²) in [5.74, 6) is 0.938. The number of hydrogen-bond acceptors (Lipinski definition) is 3. The van der Waals surface area contributed by atoms with Crippen molar-refractivity contribution in [1.29, 1.82) is 0 Å². The fourth-order valence-corrected chi connectivity index (χ4v) is 3.97. The summed E-state index contributed by atoms with van der Waals surface area (Å²) >= 11 is 0. The number of phenolic OH excluding ortho intramolecular Hbond substituents is 3. The Labute approximate surface area is 173 Å². The Bertz CT molecular complexity index is 969. The van der Waals surface area contributed by atoms with Crippen LogP contribution in [0.3, 0.4) is 0 Å². The van der Waals surface area contributed by atoms with Gasteiger partial charge in [-0.2, -0.15) is 0 Å². The van der Waals surface area contributed by atoms with Gasteiger partial charge in [0, 0.05) is 5.41 Å². The molecule has 3 aromatic rings. The largest absolute Gasteiger partial charge is 0.508 e. The summed E-state index contributed by atoms with van der Waals surface area (Å²) in [6, 6.07) is 17.4. The molecule has 0 aliphatic heterocycles. The van der Waals surface area contributed by atoms with E-state index in [4.69, 9.17) is 0 Å². The van der Waals surface area contributed by atoms with E-state index in [0.29, 0.717) is 17.2 Å². The van der Waals surface area contributed by atoms with Crippen LogP contribution >= 0.6 is 0 Å². The van der Waals surface area contributed by atoms with E-state index in [1.54, 1.807) is 18.2 Å². The molecule has 3 heteroatoms. The van der Waals surface area contributed by atoms with Crippen molar-refractivity contribution in [2.45, 2.75) is 52.4 Å². The van der Waals surface area contributed by atoms with Crippen molar-refractivity contribution < 1.29 is 15.3 Å². The topological polar surface area (TPSA) is 60.7 Å². The van der Waals surface area contributed by atoms with Gasteiger partial charge in [0.25, 0.3) is 0 Å². The third kappa shape index (κ3) is 4.40. The van der Waals surface area contributed by atoms with Crippen LogP contribution in [0.25, 0.3) is 0 Å². The predicted molar refractivity (Wildman–Crippen MR) is 118 cm³/mol. The molecule has 0 aliphatic carbocycles. The van der Waals surface area contributed by atoms with Crippen LogP contribution in [-0.2, 0) is 11.8 Å². The van der Waals surface area contributed by atoms with Crippen molar-refractivity contribution in [3.63, 3.8) is 0 Å². The van der Waals surface area contributed by atoms with Crippen LogP contribution in [0.15, 0.2) is 54.6 Å². The van der Waals surface area contributed by atoms with Gasteiger partial charge in [0.1, 0.15) is 17.2 Å². The predicted octanol–water partition coefficient (Wildman–Crippen LogP) is 6.06. The van der Waals surface area contributed by atoms with Crippen LogP contribution in [-0.4, -0.2) is 15.3 Å². The third-order valence-electron chi connectivity index (χ3n) is 6.07. The van der Waals surface area contributed by atoms with Crippen molar-refractivity contribution in [3.8, 4) is 17.2 Å². The number of benzene rings is 3. The van der Waals surface area contributed by atoms with Gasteiger partial charge < -0.3 is 15.3 Å². The zero-order chi connectivity index (χ0) is 21.2. The van der Waals surface area contributed by atoms with E-state index in [-0.39, 0.29) is 5.41 Å². The maximum Gasteiger partial charge on any atom is 0.118 e. The zero-order valence-corrected chi connectivity index (χ0v) is 17.7. The average Bonchev–Trinajstić information content (AvgIpc) is 2.68. The molecule has 0 unspecified atom stereocenters. The van der Waals surface area contributed by atoms with E-state index < -0.39 is 0 Å². The fraction of sp³-hybridized carbons (Fsp3) is 0.308. The number of hydrogen-bond donors (Lipinski definition) is 3. The Hall–Kier alpha value is -2.94. The first-order chi connectivity index (χ1) is 13.7. The molecule has 0 heterocycles. The van der Waals surface area contributed by atoms with Gasteiger partial charge in [-0.05, 0) is 91.6 Å². The first-order valence-corrected chi connectivity index (χ1v) is 10.1. The standard InChI is InChI=1S/C26H30O3/c1-17-14-20(7-10-23(17)27)6-5-13-26(4,21-8-11-24(28)18(2)15-21)22-9-12-25(29)19(3)16-22/h7-12,14-16,27-29H,5-6,13H2,1-4H3. The monoisotopic (exact) mass is 390 g/mol. The van der Waals surface area contributed by atoms with Gasteiger partial charge in [-0.3, -0.25) is 0 Å². The molecule has 0 aliphatic rings. The van der Waals surface area contributed by atoms with Crippen LogP contribution in [0.2, 0.25) is 0 Å². The second-order valence-corrected chi connectivity index (χ2v) is 8.31. The Morgan fingerprint density at radius 3 is 1.55 bits per heavy atom. The van der Waals surface area contributed by atoms with E-state index in [0.717, 1.165) is 47.1 Å². The smallest absolute Gasteiger partial charge is 0.118 e. The highest BCUT2D eigenvalue weighted by Crippen LogP contribution is 2.39. The highest BCUT2D eigenvalue weighted by molar-refractivity contribution is 5.47. The van der Waals surface area contributed by atoms with Gasteiger partial charge >= 0.3 is 0 Å². The Kier molecular flexibility index (Phi) is 5.88. The Balaban J connectivity index is 1.92. The Morgan fingerprint density at radius 1 is 0.655 bits per heavy atom. The van der Waals surface area contributed by atoms with Crippen LogP contribution in [0.4, 0.5) is 0 Å². The van der Waals surface area contributed by atoms with Gasteiger partial charge in [-0.15, -0.1) is 0 Å². The molecule has 0 aromatic heterocycles. The van der Waals surface area contributed by atoms with Gasteiger partial charge in [0.05, 0.1) is 0 Å². The summed E-state index contributed by atoms with van der Waals surface area (Å²) in [6.07, 6.45) is 2.81. The van der Waals surface area contributed by atoms with Gasteiger partial charge in [0.15, 0.2) is 0 Å². The van der Waals surface area contributed by atoms with E-state index in [2.05, 4.69) is 19.1 Å². The van der Waals surface area contributed by atoms with E-state index in [9.17, 15) is 15.3 Å². The van der Waals surface area contributed by atoms with Gasteiger partial charge in [-0.1, -0.05) is 43.3 Å². The van der Waals surface area contributed by atoms with Crippen molar-refractivity contribution in [2.24, 2.45) is 0 Å². The quantitative estimate of drug-likeness (QED) is 0.479. The van der Waals surface area contributed by atoms with Gasteiger partial charge in [0.2, 0.25) is 0 Å². The van der Waals surface area contributed by atoms with Crippen LogP contribution in [0.5, 0.6) is 17.2 Å². The molecule has 3 nitrogen and oxygen atoms in total. The lowest BCUT2D eigenvalue weighted by Gasteiger charge is -2.32. The highest BCUT2D eigenvalue weighted by atomic mass is 16.3. The van der Waals surface area contributed by atoms with Crippen molar-refractivity contribution in [3.05, 3.63) is 88.0 Å². The maximum absolute atomic E-state index is 9.98.